The minimum absolute atomic E-state index is 0.0212. The van der Waals surface area contributed by atoms with Gasteiger partial charge in [0.1, 0.15) is 23.3 Å². The average Bonchev–Trinajstić information content (AvgIpc) is 2.72. The van der Waals surface area contributed by atoms with Crippen LogP contribution in [0.4, 0.5) is 11.4 Å². The Balaban J connectivity index is 1.86. The Kier molecular flexibility index (Phi) is 5.35. The molecular formula is C20H18ClN3O4S. The number of carbonyl (C=O) groups is 1. The molecule has 7 nitrogen and oxygen atoms in total. The lowest BCUT2D eigenvalue weighted by molar-refractivity contribution is 0.0696. The molecule has 2 unspecified atom stereocenters. The number of fused-ring (bicyclic) bond motifs is 4. The van der Waals surface area contributed by atoms with Crippen LogP contribution in [0, 0.1) is 11.3 Å². The van der Waals surface area contributed by atoms with Crippen LogP contribution in [-0.2, 0) is 11.0 Å². The molecule has 0 aromatic heterocycles. The van der Waals surface area contributed by atoms with E-state index in [2.05, 4.69) is 9.62 Å². The fraction of sp³-hybridized carbons (Fsp3) is 0.300. The Morgan fingerprint density at radius 1 is 1.34 bits per heavy atom. The van der Waals surface area contributed by atoms with Gasteiger partial charge in [-0.2, -0.15) is 5.26 Å². The van der Waals surface area contributed by atoms with E-state index in [9.17, 15) is 19.4 Å². The lowest BCUT2D eigenvalue weighted by Crippen LogP contribution is -2.44. The van der Waals surface area contributed by atoms with Gasteiger partial charge in [0.05, 0.1) is 33.6 Å². The lowest BCUT2D eigenvalue weighted by atomic mass is 10.0. The maximum absolute atomic E-state index is 13.1. The highest BCUT2D eigenvalue weighted by atomic mass is 35.5. The molecule has 0 amide bonds. The van der Waals surface area contributed by atoms with Gasteiger partial charge in [0.15, 0.2) is 11.0 Å². The van der Waals surface area contributed by atoms with Crippen molar-refractivity contribution in [3.8, 4) is 11.8 Å². The molecule has 2 heterocycles. The standard InChI is InChI=1S/C20H18ClN3O4S/c21-15-9-17-16(7-13(15)10-22)23-29(27)19-8-12(20(25)26)4-5-18(19)28-11-14-3-1-2-6-24(14)17/h4-5,7-9,14,23H,1-3,6,11H2,(H,25,26). The Bertz CT molecular complexity index is 1050. The third-order valence-electron chi connectivity index (χ3n) is 5.17. The van der Waals surface area contributed by atoms with Crippen LogP contribution >= 0.6 is 11.6 Å². The summed E-state index contributed by atoms with van der Waals surface area (Å²) in [5.74, 6) is -0.733. The smallest absolute Gasteiger partial charge is 0.335 e. The second kappa shape index (κ2) is 7.93. The van der Waals surface area contributed by atoms with Gasteiger partial charge in [-0.15, -0.1) is 0 Å². The molecule has 29 heavy (non-hydrogen) atoms. The third kappa shape index (κ3) is 3.76. The second-order valence-electron chi connectivity index (χ2n) is 6.95. The average molecular weight is 432 g/mol. The van der Waals surface area contributed by atoms with Gasteiger partial charge >= 0.3 is 5.97 Å². The van der Waals surface area contributed by atoms with E-state index in [0.29, 0.717) is 23.1 Å². The van der Waals surface area contributed by atoms with Crippen LogP contribution in [-0.4, -0.2) is 34.5 Å². The zero-order valence-corrected chi connectivity index (χ0v) is 16.9. The highest BCUT2D eigenvalue weighted by Crippen LogP contribution is 2.38. The molecule has 0 aliphatic carbocycles. The number of carboxylic acid groups (broad SMARTS) is 1. The maximum atomic E-state index is 13.1. The summed E-state index contributed by atoms with van der Waals surface area (Å²) in [6.07, 6.45) is 2.99. The van der Waals surface area contributed by atoms with Crippen LogP contribution < -0.4 is 14.4 Å². The topological polar surface area (TPSA) is 103 Å². The number of piperidine rings is 1. The largest absolute Gasteiger partial charge is 0.490 e. The summed E-state index contributed by atoms with van der Waals surface area (Å²) in [6.45, 7) is 1.16. The SMILES string of the molecule is N#Cc1cc2c(cc1Cl)N1CCCCC1COc1ccc(C(=O)O)cc1S(=O)N2. The number of ether oxygens (including phenoxy) is 1. The molecule has 2 aliphatic heterocycles. The monoisotopic (exact) mass is 431 g/mol. The molecule has 2 aromatic carbocycles. The minimum atomic E-state index is -1.80. The van der Waals surface area contributed by atoms with E-state index in [-0.39, 0.29) is 22.1 Å². The normalized spacial score (nSPS) is 20.8. The van der Waals surface area contributed by atoms with E-state index in [1.807, 2.05) is 6.07 Å². The Labute approximate surface area is 175 Å². The van der Waals surface area contributed by atoms with Crippen LogP contribution in [0.25, 0.3) is 0 Å². The van der Waals surface area contributed by atoms with E-state index >= 15 is 0 Å². The zero-order chi connectivity index (χ0) is 20.5. The van der Waals surface area contributed by atoms with Crippen molar-refractivity contribution >= 4 is 39.9 Å². The van der Waals surface area contributed by atoms with Gasteiger partial charge in [-0.1, -0.05) is 11.6 Å². The fourth-order valence-electron chi connectivity index (χ4n) is 3.70. The number of halogens is 1. The van der Waals surface area contributed by atoms with Crippen LogP contribution in [0.5, 0.6) is 5.75 Å². The minimum Gasteiger partial charge on any atom is -0.490 e. The fourth-order valence-corrected chi connectivity index (χ4v) is 4.92. The molecule has 2 aromatic rings. The van der Waals surface area contributed by atoms with Crippen molar-refractivity contribution in [3.63, 3.8) is 0 Å². The number of carboxylic acids is 1. The summed E-state index contributed by atoms with van der Waals surface area (Å²) in [5.41, 5.74) is 1.57. The van der Waals surface area contributed by atoms with Crippen molar-refractivity contribution < 1.29 is 18.8 Å². The van der Waals surface area contributed by atoms with Crippen molar-refractivity contribution in [2.45, 2.75) is 30.2 Å². The first-order valence-corrected chi connectivity index (χ1v) is 10.7. The first-order valence-electron chi connectivity index (χ1n) is 9.17. The molecule has 0 saturated carbocycles. The van der Waals surface area contributed by atoms with Crippen LogP contribution in [0.2, 0.25) is 5.02 Å². The lowest BCUT2D eigenvalue weighted by Gasteiger charge is -2.39. The Hall–Kier alpha value is -2.76. The number of nitrogens with zero attached hydrogens (tertiary/aromatic N) is 2. The predicted octanol–water partition coefficient (Wildman–Crippen LogP) is 3.80. The van der Waals surface area contributed by atoms with Crippen molar-refractivity contribution in [1.29, 1.82) is 5.26 Å². The van der Waals surface area contributed by atoms with Gasteiger partial charge in [-0.3, -0.25) is 4.72 Å². The van der Waals surface area contributed by atoms with E-state index in [1.165, 1.54) is 18.2 Å². The number of benzene rings is 2. The number of hydrogen-bond acceptors (Lipinski definition) is 5. The summed E-state index contributed by atoms with van der Waals surface area (Å²) in [7, 11) is -1.80. The molecule has 1 fully saturated rings. The van der Waals surface area contributed by atoms with Crippen molar-refractivity contribution in [1.82, 2.24) is 0 Å². The van der Waals surface area contributed by atoms with E-state index in [1.54, 1.807) is 12.1 Å². The quantitative estimate of drug-likeness (QED) is 0.712. The van der Waals surface area contributed by atoms with Gasteiger partial charge in [-0.05, 0) is 49.6 Å². The number of anilines is 2. The van der Waals surface area contributed by atoms with Gasteiger partial charge in [-0.25, -0.2) is 9.00 Å². The van der Waals surface area contributed by atoms with Crippen LogP contribution in [0.3, 0.4) is 0 Å². The Morgan fingerprint density at radius 2 is 2.17 bits per heavy atom. The number of hydrogen-bond donors (Lipinski definition) is 2. The summed E-state index contributed by atoms with van der Waals surface area (Å²) in [6, 6.07) is 9.75. The predicted molar refractivity (Wildman–Crippen MR) is 110 cm³/mol. The molecule has 0 radical (unpaired) electrons. The number of aromatic carboxylic acids is 1. The molecule has 4 rings (SSSR count). The molecular weight excluding hydrogens is 414 g/mol. The summed E-state index contributed by atoms with van der Waals surface area (Å²) in [5, 5.41) is 19.0. The second-order valence-corrected chi connectivity index (χ2v) is 8.54. The highest BCUT2D eigenvalue weighted by Gasteiger charge is 2.29. The molecule has 150 valence electrons. The first-order chi connectivity index (χ1) is 14.0. The summed E-state index contributed by atoms with van der Waals surface area (Å²) in [4.78, 5) is 13.8. The van der Waals surface area contributed by atoms with E-state index < -0.39 is 17.0 Å². The molecule has 9 heteroatoms. The third-order valence-corrected chi connectivity index (χ3v) is 6.60. The molecule has 2 aliphatic rings. The van der Waals surface area contributed by atoms with Gasteiger partial charge < -0.3 is 14.7 Å². The molecule has 0 spiro atoms. The van der Waals surface area contributed by atoms with Crippen LogP contribution in [0.15, 0.2) is 35.2 Å². The van der Waals surface area contributed by atoms with Crippen molar-refractivity contribution in [3.05, 3.63) is 46.5 Å². The summed E-state index contributed by atoms with van der Waals surface area (Å²) < 4.78 is 22.0. The highest BCUT2D eigenvalue weighted by molar-refractivity contribution is 7.86. The molecule has 2 N–H and O–H groups in total. The first kappa shape index (κ1) is 19.6. The summed E-state index contributed by atoms with van der Waals surface area (Å²) >= 11 is 6.28. The number of nitrogens with one attached hydrogen (secondary N) is 1. The van der Waals surface area contributed by atoms with Gasteiger partial charge in [0.2, 0.25) is 0 Å². The maximum Gasteiger partial charge on any atom is 0.335 e. The molecule has 1 saturated heterocycles. The van der Waals surface area contributed by atoms with Gasteiger partial charge in [0.25, 0.3) is 0 Å². The van der Waals surface area contributed by atoms with E-state index in [0.717, 1.165) is 31.5 Å². The van der Waals surface area contributed by atoms with Gasteiger partial charge in [0, 0.05) is 6.54 Å². The molecule has 0 bridgehead atoms. The van der Waals surface area contributed by atoms with Crippen LogP contribution in [0.1, 0.15) is 35.2 Å². The van der Waals surface area contributed by atoms with Crippen molar-refractivity contribution in [2.24, 2.45) is 0 Å². The molecule has 2 atom stereocenters. The Morgan fingerprint density at radius 3 is 2.93 bits per heavy atom. The zero-order valence-electron chi connectivity index (χ0n) is 15.4. The number of nitriles is 1. The number of rotatable bonds is 1. The van der Waals surface area contributed by atoms with Crippen molar-refractivity contribution in [2.75, 3.05) is 22.8 Å². The van der Waals surface area contributed by atoms with E-state index in [4.69, 9.17) is 16.3 Å².